The third-order valence-electron chi connectivity index (χ3n) is 15.1. The zero-order valence-electron chi connectivity index (χ0n) is 40.7. The standard InChI is InChI=1S/C65H51B2N3O/c1-42-29-31-44(3)52(35-42)46-37-60-64-61(38-46)70(50-23-13-8-14-24-50)59-41-51(33-34-56(59)67(64)55-26-16-18-28-58(55)69(60)49-21-11-7-12-22-49)71-63-40-47(53-36-43(2)30-32-45(53)4)39-62-65(63)66(5)54-25-15-17-27-57(54)68(62)48-19-9-6-10-20-48/h6-41H,1-5H3. The molecule has 0 saturated heterocycles. The molecule has 4 nitrogen and oxygen atoms in total. The molecule has 0 amide bonds. The van der Waals surface area contributed by atoms with Crippen molar-refractivity contribution in [2.75, 3.05) is 14.7 Å². The molecule has 10 aromatic rings. The molecule has 3 aliphatic heterocycles. The van der Waals surface area contributed by atoms with E-state index in [0.29, 0.717) is 0 Å². The van der Waals surface area contributed by atoms with Crippen molar-refractivity contribution in [3.63, 3.8) is 0 Å². The summed E-state index contributed by atoms with van der Waals surface area (Å²) >= 11 is 0. The normalized spacial score (nSPS) is 13.0. The number of rotatable bonds is 7. The van der Waals surface area contributed by atoms with Crippen molar-refractivity contribution in [2.45, 2.75) is 34.5 Å². The topological polar surface area (TPSA) is 19.0 Å². The smallest absolute Gasteiger partial charge is 0.252 e. The highest BCUT2D eigenvalue weighted by Crippen LogP contribution is 2.48. The number of hydrogen-bond donors (Lipinski definition) is 0. The summed E-state index contributed by atoms with van der Waals surface area (Å²) in [6.45, 7) is 11.2. The van der Waals surface area contributed by atoms with Crippen molar-refractivity contribution in [1.82, 2.24) is 0 Å². The van der Waals surface area contributed by atoms with Crippen molar-refractivity contribution < 1.29 is 4.74 Å². The minimum absolute atomic E-state index is 0.0378. The van der Waals surface area contributed by atoms with Gasteiger partial charge in [-0.1, -0.05) is 157 Å². The molecule has 6 heteroatoms. The largest absolute Gasteiger partial charge is 0.458 e. The van der Waals surface area contributed by atoms with Gasteiger partial charge in [-0.05, 0) is 162 Å². The van der Waals surface area contributed by atoms with E-state index in [1.165, 1.54) is 77.9 Å². The van der Waals surface area contributed by atoms with E-state index in [1.807, 2.05) is 0 Å². The molecule has 3 heterocycles. The van der Waals surface area contributed by atoms with E-state index in [-0.39, 0.29) is 13.4 Å². The molecular formula is C65H51B2N3O. The number of nitrogens with zero attached hydrogens (tertiary/aromatic N) is 3. The first kappa shape index (κ1) is 42.6. The minimum Gasteiger partial charge on any atom is -0.458 e. The highest BCUT2D eigenvalue weighted by molar-refractivity contribution is 7.00. The lowest BCUT2D eigenvalue weighted by atomic mass is 9.33. The van der Waals surface area contributed by atoms with Crippen molar-refractivity contribution in [3.8, 4) is 33.8 Å². The molecule has 0 spiro atoms. The van der Waals surface area contributed by atoms with E-state index >= 15 is 0 Å². The van der Waals surface area contributed by atoms with Gasteiger partial charge in [0.15, 0.2) is 0 Å². The molecule has 0 saturated carbocycles. The van der Waals surface area contributed by atoms with Crippen LogP contribution in [0.25, 0.3) is 22.3 Å². The summed E-state index contributed by atoms with van der Waals surface area (Å²) in [7, 11) is 0. The molecule has 0 aromatic heterocycles. The molecule has 0 bridgehead atoms. The van der Waals surface area contributed by atoms with Crippen LogP contribution in [0.5, 0.6) is 11.5 Å². The fourth-order valence-corrected chi connectivity index (χ4v) is 11.7. The maximum Gasteiger partial charge on any atom is 0.252 e. The van der Waals surface area contributed by atoms with Gasteiger partial charge in [0.2, 0.25) is 6.71 Å². The molecule has 0 unspecified atom stereocenters. The maximum absolute atomic E-state index is 7.53. The van der Waals surface area contributed by atoms with Crippen LogP contribution in [0.15, 0.2) is 218 Å². The lowest BCUT2D eigenvalue weighted by Gasteiger charge is -2.44. The van der Waals surface area contributed by atoms with E-state index in [1.54, 1.807) is 0 Å². The Morgan fingerprint density at radius 1 is 0.352 bits per heavy atom. The summed E-state index contributed by atoms with van der Waals surface area (Å²) in [6, 6.07) is 80.3. The Bertz CT molecular complexity index is 3730. The summed E-state index contributed by atoms with van der Waals surface area (Å²) in [5.74, 6) is 1.64. The maximum atomic E-state index is 7.53. The molecule has 10 aromatic carbocycles. The first-order chi connectivity index (χ1) is 34.8. The van der Waals surface area contributed by atoms with Crippen molar-refractivity contribution in [1.29, 1.82) is 0 Å². The predicted octanol–water partition coefficient (Wildman–Crippen LogP) is 14.2. The Morgan fingerprint density at radius 2 is 0.789 bits per heavy atom. The van der Waals surface area contributed by atoms with Gasteiger partial charge < -0.3 is 19.4 Å². The van der Waals surface area contributed by atoms with Crippen LogP contribution >= 0.6 is 0 Å². The SMILES string of the molecule is CB1c2ccccc2N(c2ccccc2)c2cc(-c3cc(C)ccc3C)cc(Oc3ccc4c(c3)N(c3ccccc3)c3cc(-c5cc(C)ccc5C)cc5c3B4c3ccccc3N5c3ccccc3)c21. The molecule has 71 heavy (non-hydrogen) atoms. The minimum atomic E-state index is -0.0378. The quantitative estimate of drug-likeness (QED) is 0.148. The average molecular weight is 912 g/mol. The molecule has 0 aliphatic carbocycles. The van der Waals surface area contributed by atoms with Gasteiger partial charge in [-0.25, -0.2) is 0 Å². The Morgan fingerprint density at radius 3 is 1.34 bits per heavy atom. The van der Waals surface area contributed by atoms with Crippen LogP contribution in [0, 0.1) is 27.7 Å². The third kappa shape index (κ3) is 7.00. The number of anilines is 9. The van der Waals surface area contributed by atoms with Gasteiger partial charge >= 0.3 is 0 Å². The lowest BCUT2D eigenvalue weighted by Crippen LogP contribution is -2.61. The van der Waals surface area contributed by atoms with Crippen molar-refractivity contribution in [3.05, 3.63) is 241 Å². The van der Waals surface area contributed by atoms with E-state index in [2.05, 4.69) is 268 Å². The summed E-state index contributed by atoms with van der Waals surface area (Å²) in [6.07, 6.45) is 0. The number of benzene rings is 10. The van der Waals surface area contributed by atoms with Gasteiger partial charge in [-0.15, -0.1) is 0 Å². The number of para-hydroxylation sites is 5. The molecule has 0 N–H and O–H groups in total. The summed E-state index contributed by atoms with van der Waals surface area (Å²) in [5.41, 5.74) is 26.2. The molecule has 0 fully saturated rings. The monoisotopic (exact) mass is 911 g/mol. The number of ether oxygens (including phenoxy) is 1. The van der Waals surface area contributed by atoms with E-state index in [0.717, 1.165) is 56.6 Å². The molecule has 0 atom stereocenters. The van der Waals surface area contributed by atoms with Gasteiger partial charge in [0.05, 0.1) is 0 Å². The second kappa shape index (κ2) is 16.9. The van der Waals surface area contributed by atoms with Gasteiger partial charge in [0.25, 0.3) is 6.71 Å². The van der Waals surface area contributed by atoms with Crippen LogP contribution in [-0.4, -0.2) is 13.4 Å². The molecule has 0 radical (unpaired) electrons. The zero-order chi connectivity index (χ0) is 47.9. The zero-order valence-corrected chi connectivity index (χ0v) is 40.7. The van der Waals surface area contributed by atoms with Gasteiger partial charge in [0.1, 0.15) is 11.5 Å². The Hall–Kier alpha value is -8.47. The van der Waals surface area contributed by atoms with Crippen LogP contribution < -0.4 is 46.8 Å². The fourth-order valence-electron chi connectivity index (χ4n) is 11.7. The lowest BCUT2D eigenvalue weighted by molar-refractivity contribution is 0.487. The van der Waals surface area contributed by atoms with Gasteiger partial charge in [-0.2, -0.15) is 0 Å². The molecule has 338 valence electrons. The highest BCUT2D eigenvalue weighted by atomic mass is 16.5. The van der Waals surface area contributed by atoms with E-state index in [4.69, 9.17) is 4.74 Å². The van der Waals surface area contributed by atoms with E-state index in [9.17, 15) is 0 Å². The highest BCUT2D eigenvalue weighted by Gasteiger charge is 2.44. The van der Waals surface area contributed by atoms with Crippen LogP contribution in [0.1, 0.15) is 22.3 Å². The van der Waals surface area contributed by atoms with Gasteiger partial charge in [0, 0.05) is 57.3 Å². The molecule has 13 rings (SSSR count). The summed E-state index contributed by atoms with van der Waals surface area (Å²) in [5, 5.41) is 0. The second-order valence-corrected chi connectivity index (χ2v) is 19.6. The van der Waals surface area contributed by atoms with E-state index < -0.39 is 0 Å². The third-order valence-corrected chi connectivity index (χ3v) is 15.1. The first-order valence-corrected chi connectivity index (χ1v) is 24.9. The van der Waals surface area contributed by atoms with Crippen LogP contribution in [-0.2, 0) is 0 Å². The first-order valence-electron chi connectivity index (χ1n) is 24.9. The second-order valence-electron chi connectivity index (χ2n) is 19.6. The van der Waals surface area contributed by atoms with Crippen LogP contribution in [0.2, 0.25) is 6.82 Å². The Kier molecular flexibility index (Phi) is 10.1. The predicted molar refractivity (Wildman–Crippen MR) is 302 cm³/mol. The van der Waals surface area contributed by atoms with Crippen molar-refractivity contribution in [2.24, 2.45) is 0 Å². The fraction of sp³-hybridized carbons (Fsp3) is 0.0769. The Balaban J connectivity index is 1.05. The molecule has 3 aliphatic rings. The number of fused-ring (bicyclic) bond motifs is 6. The average Bonchev–Trinajstić information content (AvgIpc) is 3.40. The molecular weight excluding hydrogens is 860 g/mol. The Labute approximate surface area is 418 Å². The van der Waals surface area contributed by atoms with Crippen LogP contribution in [0.3, 0.4) is 0 Å². The summed E-state index contributed by atoms with van der Waals surface area (Å²) in [4.78, 5) is 7.40. The number of aryl methyl sites for hydroxylation is 4. The summed E-state index contributed by atoms with van der Waals surface area (Å²) < 4.78 is 7.53. The number of hydrogen-bond acceptors (Lipinski definition) is 4. The van der Waals surface area contributed by atoms with Crippen molar-refractivity contribution >= 4 is 91.9 Å². The van der Waals surface area contributed by atoms with Crippen LogP contribution in [0.4, 0.5) is 51.2 Å². The van der Waals surface area contributed by atoms with Gasteiger partial charge in [-0.3, -0.25) is 0 Å².